The van der Waals surface area contributed by atoms with Crippen LogP contribution in [0.15, 0.2) is 43.0 Å². The maximum absolute atomic E-state index is 13.7. The molecule has 0 saturated carbocycles. The summed E-state index contributed by atoms with van der Waals surface area (Å²) in [5.41, 5.74) is 0.110. The molecule has 2 aliphatic heterocycles. The lowest BCUT2D eigenvalue weighted by Crippen LogP contribution is -2.49. The normalized spacial score (nSPS) is 18.0. The van der Waals surface area contributed by atoms with Gasteiger partial charge in [0.2, 0.25) is 5.91 Å². The Labute approximate surface area is 247 Å². The summed E-state index contributed by atoms with van der Waals surface area (Å²) in [4.78, 5) is 36.0. The van der Waals surface area contributed by atoms with Gasteiger partial charge in [0, 0.05) is 55.0 Å². The number of alkyl halides is 5. The van der Waals surface area contributed by atoms with Gasteiger partial charge in [-0.15, -0.1) is 0 Å². The average molecular weight is 618 g/mol. The molecule has 3 N–H and O–H groups in total. The van der Waals surface area contributed by atoms with Gasteiger partial charge in [-0.05, 0) is 36.6 Å². The Morgan fingerprint density at radius 3 is 2.70 bits per heavy atom. The van der Waals surface area contributed by atoms with Crippen LogP contribution in [0.1, 0.15) is 35.0 Å². The first kappa shape index (κ1) is 29.5. The Bertz CT molecular complexity index is 1720. The largest absolute Gasteiger partial charge is 0.435 e. The fourth-order valence-electron chi connectivity index (χ4n) is 5.80. The number of rotatable bonds is 9. The van der Waals surface area contributed by atoms with Crippen molar-refractivity contribution in [3.63, 3.8) is 0 Å². The number of nitrogens with one attached hydrogen (secondary N) is 3. The maximum atomic E-state index is 13.7. The Morgan fingerprint density at radius 1 is 1.20 bits per heavy atom. The fourth-order valence-corrected chi connectivity index (χ4v) is 5.80. The summed E-state index contributed by atoms with van der Waals surface area (Å²) in [6.07, 6.45) is -1.46. The van der Waals surface area contributed by atoms with Crippen molar-refractivity contribution in [2.24, 2.45) is 0 Å². The molecule has 2 unspecified atom stereocenters. The number of anilines is 2. The summed E-state index contributed by atoms with van der Waals surface area (Å²) in [5, 5.41) is 12.5. The van der Waals surface area contributed by atoms with Crippen molar-refractivity contribution >= 4 is 29.0 Å². The van der Waals surface area contributed by atoms with E-state index in [9.17, 15) is 31.5 Å². The molecule has 0 aliphatic carbocycles. The van der Waals surface area contributed by atoms with Gasteiger partial charge in [-0.3, -0.25) is 18.7 Å². The Balaban J connectivity index is 1.21. The Morgan fingerprint density at radius 2 is 2.02 bits per heavy atom. The maximum Gasteiger partial charge on any atom is 0.435 e. The van der Waals surface area contributed by atoms with E-state index in [1.165, 1.54) is 23.0 Å². The fraction of sp³-hybridized carbons (Fsp3) is 0.393. The number of nitrogens with zero attached hydrogens (tertiary/aromatic N) is 6. The summed E-state index contributed by atoms with van der Waals surface area (Å²) in [5.74, 6) is -0.285. The number of halogens is 5. The standard InChI is InChI=1S/C28H28F5N9O2/c1-2-15-7-16(3-4-19(15)27(44)37-11-23(43)42-12-17-8-18(42)9-35-17)38-25-26-36-10-21(41(26)6-5-34-25)20-13-40(14-22(29)30)39-24(20)28(31,32)33/h3-7,10,13,17-18,22,35H,2,8-9,11-12,14H2,1H3,(H,34,38)(H,37,44). The monoisotopic (exact) mass is 617 g/mol. The third kappa shape index (κ3) is 5.68. The zero-order chi connectivity index (χ0) is 31.2. The van der Waals surface area contributed by atoms with E-state index < -0.39 is 30.4 Å². The van der Waals surface area contributed by atoms with Crippen molar-refractivity contribution in [1.29, 1.82) is 0 Å². The van der Waals surface area contributed by atoms with Gasteiger partial charge in [0.1, 0.15) is 6.54 Å². The minimum Gasteiger partial charge on any atom is -0.343 e. The molecule has 3 aromatic heterocycles. The number of hydrogen-bond acceptors (Lipinski definition) is 7. The molecule has 11 nitrogen and oxygen atoms in total. The van der Waals surface area contributed by atoms with Crippen LogP contribution in [0.25, 0.3) is 16.9 Å². The first-order chi connectivity index (χ1) is 21.0. The quantitative estimate of drug-likeness (QED) is 0.246. The second-order valence-corrected chi connectivity index (χ2v) is 10.7. The highest BCUT2D eigenvalue weighted by Gasteiger charge is 2.40. The first-order valence-corrected chi connectivity index (χ1v) is 14.0. The molecular weight excluding hydrogens is 589 g/mol. The van der Waals surface area contributed by atoms with Crippen molar-refractivity contribution in [2.75, 3.05) is 25.0 Å². The molecule has 2 amide bonds. The van der Waals surface area contributed by atoms with Gasteiger partial charge < -0.3 is 20.9 Å². The van der Waals surface area contributed by atoms with Crippen LogP contribution >= 0.6 is 0 Å². The third-order valence-corrected chi connectivity index (χ3v) is 7.83. The number of amides is 2. The minimum absolute atomic E-state index is 0.00729. The number of fused-ring (bicyclic) bond motifs is 3. The summed E-state index contributed by atoms with van der Waals surface area (Å²) >= 11 is 0. The number of aryl methyl sites for hydroxylation is 1. The molecule has 2 bridgehead atoms. The molecule has 4 aromatic rings. The van der Waals surface area contributed by atoms with Crippen molar-refractivity contribution in [1.82, 2.24) is 39.7 Å². The van der Waals surface area contributed by atoms with Crippen LogP contribution in [0.4, 0.5) is 33.5 Å². The number of likely N-dealkylation sites (tertiary alicyclic amines) is 1. The topological polar surface area (TPSA) is 121 Å². The second-order valence-electron chi connectivity index (χ2n) is 10.7. The molecule has 2 atom stereocenters. The van der Waals surface area contributed by atoms with E-state index in [0.717, 1.165) is 19.2 Å². The predicted molar refractivity (Wildman–Crippen MR) is 149 cm³/mol. The van der Waals surface area contributed by atoms with Gasteiger partial charge in [-0.2, -0.15) is 18.3 Å². The number of carbonyl (C=O) groups excluding carboxylic acids is 2. The van der Waals surface area contributed by atoms with Crippen LogP contribution in [0, 0.1) is 0 Å². The van der Waals surface area contributed by atoms with Crippen LogP contribution in [0.3, 0.4) is 0 Å². The molecule has 0 spiro atoms. The predicted octanol–water partition coefficient (Wildman–Crippen LogP) is 3.49. The van der Waals surface area contributed by atoms with Gasteiger partial charge in [0.15, 0.2) is 17.2 Å². The molecule has 44 heavy (non-hydrogen) atoms. The van der Waals surface area contributed by atoms with Gasteiger partial charge >= 0.3 is 6.18 Å². The lowest BCUT2D eigenvalue weighted by molar-refractivity contribution is -0.141. The average Bonchev–Trinajstić information content (AvgIpc) is 3.79. The van der Waals surface area contributed by atoms with E-state index >= 15 is 0 Å². The molecule has 1 aromatic carbocycles. The van der Waals surface area contributed by atoms with E-state index in [2.05, 4.69) is 31.0 Å². The molecule has 6 rings (SSSR count). The number of piperazine rings is 1. The van der Waals surface area contributed by atoms with Crippen molar-refractivity contribution in [3.05, 3.63) is 59.8 Å². The number of aromatic nitrogens is 5. The third-order valence-electron chi connectivity index (χ3n) is 7.83. The first-order valence-electron chi connectivity index (χ1n) is 14.0. The van der Waals surface area contributed by atoms with Gasteiger partial charge in [0.05, 0.1) is 24.0 Å². The molecule has 16 heteroatoms. The van der Waals surface area contributed by atoms with Crippen LogP contribution in [-0.2, 0) is 23.9 Å². The molecule has 2 saturated heterocycles. The van der Waals surface area contributed by atoms with Crippen molar-refractivity contribution < 1.29 is 31.5 Å². The lowest BCUT2D eigenvalue weighted by atomic mass is 10.0. The zero-order valence-electron chi connectivity index (χ0n) is 23.4. The van der Waals surface area contributed by atoms with E-state index in [1.807, 2.05) is 11.8 Å². The second kappa shape index (κ2) is 11.5. The lowest BCUT2D eigenvalue weighted by Gasteiger charge is -2.27. The number of imidazole rings is 1. The summed E-state index contributed by atoms with van der Waals surface area (Å²) < 4.78 is 68.9. The van der Waals surface area contributed by atoms with Crippen molar-refractivity contribution in [3.8, 4) is 11.3 Å². The molecule has 2 aliphatic rings. The number of benzene rings is 1. The Hall–Kier alpha value is -4.60. The summed E-state index contributed by atoms with van der Waals surface area (Å²) in [6, 6.07) is 5.49. The molecular formula is C28H28F5N9O2. The van der Waals surface area contributed by atoms with E-state index in [0.29, 0.717) is 40.5 Å². The Kier molecular flexibility index (Phi) is 7.69. The van der Waals surface area contributed by atoms with Gasteiger partial charge in [-0.1, -0.05) is 6.92 Å². The molecule has 232 valence electrons. The van der Waals surface area contributed by atoms with Crippen molar-refractivity contribution in [2.45, 2.75) is 51.0 Å². The van der Waals surface area contributed by atoms with Crippen LogP contribution in [0.2, 0.25) is 0 Å². The smallest absolute Gasteiger partial charge is 0.343 e. The SMILES string of the molecule is CCc1cc(Nc2nccn3c(-c4cn(CC(F)F)nc4C(F)(F)F)cnc23)ccc1C(=O)NCC(=O)N1CC2CC1CN2. The molecule has 0 radical (unpaired) electrons. The highest BCUT2D eigenvalue weighted by atomic mass is 19.4. The molecule has 5 heterocycles. The van der Waals surface area contributed by atoms with Gasteiger partial charge in [0.25, 0.3) is 12.3 Å². The summed E-state index contributed by atoms with van der Waals surface area (Å²) in [6.45, 7) is 2.19. The minimum atomic E-state index is -4.88. The number of carbonyl (C=O) groups is 2. The zero-order valence-corrected chi connectivity index (χ0v) is 23.4. The van der Waals surface area contributed by atoms with E-state index in [4.69, 9.17) is 0 Å². The van der Waals surface area contributed by atoms with Gasteiger partial charge in [-0.25, -0.2) is 18.7 Å². The highest BCUT2D eigenvalue weighted by Crippen LogP contribution is 2.37. The highest BCUT2D eigenvalue weighted by molar-refractivity contribution is 5.98. The summed E-state index contributed by atoms with van der Waals surface area (Å²) in [7, 11) is 0. The van der Waals surface area contributed by atoms with Crippen LogP contribution < -0.4 is 16.0 Å². The van der Waals surface area contributed by atoms with E-state index in [1.54, 1.807) is 18.2 Å². The van der Waals surface area contributed by atoms with Crippen LogP contribution in [0.5, 0.6) is 0 Å². The molecule has 2 fully saturated rings. The van der Waals surface area contributed by atoms with Crippen LogP contribution in [-0.4, -0.2) is 79.0 Å². The van der Waals surface area contributed by atoms with E-state index in [-0.39, 0.29) is 41.6 Å². The number of hydrogen-bond donors (Lipinski definition) is 3.